The molecule has 0 bridgehead atoms. The largest absolute Gasteiger partial charge is 0.496 e. The fourth-order valence-electron chi connectivity index (χ4n) is 2.52. The van der Waals surface area contributed by atoms with Crippen LogP contribution in [-0.4, -0.2) is 12.1 Å². The Labute approximate surface area is 131 Å². The van der Waals surface area contributed by atoms with Crippen LogP contribution in [0.4, 0.5) is 0 Å². The first kappa shape index (κ1) is 14.0. The first-order valence-corrected chi connectivity index (χ1v) is 7.41. The molecule has 0 saturated carbocycles. The number of rotatable bonds is 3. The molecule has 0 aliphatic rings. The maximum atomic E-state index is 6.49. The van der Waals surface area contributed by atoms with Gasteiger partial charge in [0.2, 0.25) is 0 Å². The third-order valence-electron chi connectivity index (χ3n) is 3.58. The van der Waals surface area contributed by atoms with E-state index >= 15 is 0 Å². The lowest BCUT2D eigenvalue weighted by atomic mass is 9.95. The summed E-state index contributed by atoms with van der Waals surface area (Å²) in [7, 11) is 1.66. The van der Waals surface area contributed by atoms with Gasteiger partial charge in [0.25, 0.3) is 0 Å². The van der Waals surface area contributed by atoms with Crippen LogP contribution >= 0.6 is 15.9 Å². The zero-order valence-corrected chi connectivity index (χ0v) is 13.2. The summed E-state index contributed by atoms with van der Waals surface area (Å²) in [5.74, 6) is 0.776. The van der Waals surface area contributed by atoms with Crippen LogP contribution in [0.15, 0.2) is 59.3 Å². The molecule has 4 heteroatoms. The van der Waals surface area contributed by atoms with Crippen molar-refractivity contribution in [3.63, 3.8) is 0 Å². The Bertz CT molecular complexity index is 783. The average Bonchev–Trinajstić information content (AvgIpc) is 2.53. The Morgan fingerprint density at radius 1 is 1.14 bits per heavy atom. The van der Waals surface area contributed by atoms with Gasteiger partial charge in [-0.3, -0.25) is 4.98 Å². The van der Waals surface area contributed by atoms with Gasteiger partial charge in [0, 0.05) is 27.8 Å². The number of pyridine rings is 1. The van der Waals surface area contributed by atoms with Crippen LogP contribution in [0.5, 0.6) is 5.75 Å². The molecule has 1 unspecified atom stereocenters. The van der Waals surface area contributed by atoms with E-state index in [1.165, 1.54) is 0 Å². The Morgan fingerprint density at radius 3 is 2.81 bits per heavy atom. The molecular weight excluding hydrogens is 328 g/mol. The minimum absolute atomic E-state index is 0.263. The number of fused-ring (bicyclic) bond motifs is 1. The van der Waals surface area contributed by atoms with E-state index in [1.807, 2.05) is 42.6 Å². The summed E-state index contributed by atoms with van der Waals surface area (Å²) in [6.07, 6.45) is 3.65. The number of benzene rings is 2. The van der Waals surface area contributed by atoms with Crippen molar-refractivity contribution in [2.45, 2.75) is 6.04 Å². The Hall–Kier alpha value is -1.91. The molecular formula is C17H15BrN2O. The van der Waals surface area contributed by atoms with Gasteiger partial charge in [-0.05, 0) is 29.1 Å². The molecule has 2 aromatic carbocycles. The van der Waals surface area contributed by atoms with E-state index in [1.54, 1.807) is 13.3 Å². The van der Waals surface area contributed by atoms with Crippen molar-refractivity contribution in [2.24, 2.45) is 5.73 Å². The number of ether oxygens (including phenoxy) is 1. The predicted molar refractivity (Wildman–Crippen MR) is 88.5 cm³/mol. The Balaban J connectivity index is 2.15. The lowest BCUT2D eigenvalue weighted by Gasteiger charge is -2.18. The molecule has 21 heavy (non-hydrogen) atoms. The van der Waals surface area contributed by atoms with Gasteiger partial charge < -0.3 is 10.5 Å². The molecule has 3 nitrogen and oxygen atoms in total. The van der Waals surface area contributed by atoms with E-state index in [-0.39, 0.29) is 6.04 Å². The van der Waals surface area contributed by atoms with Crippen molar-refractivity contribution in [2.75, 3.05) is 7.11 Å². The van der Waals surface area contributed by atoms with Crippen LogP contribution in [0.2, 0.25) is 0 Å². The molecule has 0 fully saturated rings. The van der Waals surface area contributed by atoms with Gasteiger partial charge in [-0.25, -0.2) is 0 Å². The molecule has 2 N–H and O–H groups in total. The molecule has 1 aromatic heterocycles. The number of hydrogen-bond acceptors (Lipinski definition) is 3. The minimum atomic E-state index is -0.263. The standard InChI is InChI=1S/C17H15BrN2O/c1-21-16-9-12(18)5-6-14(16)17(19)13-4-2-3-11-7-8-20-10-15(11)13/h2-10,17H,19H2,1H3. The number of hydrogen-bond donors (Lipinski definition) is 1. The van der Waals surface area contributed by atoms with Gasteiger partial charge in [-0.2, -0.15) is 0 Å². The molecule has 0 aliphatic carbocycles. The predicted octanol–water partition coefficient (Wildman–Crippen LogP) is 4.05. The van der Waals surface area contributed by atoms with Crippen LogP contribution in [0.25, 0.3) is 10.8 Å². The summed E-state index contributed by atoms with van der Waals surface area (Å²) in [5, 5.41) is 2.20. The van der Waals surface area contributed by atoms with Crippen LogP contribution in [0.3, 0.4) is 0 Å². The lowest BCUT2D eigenvalue weighted by Crippen LogP contribution is -2.13. The van der Waals surface area contributed by atoms with Crippen LogP contribution in [0.1, 0.15) is 17.2 Å². The summed E-state index contributed by atoms with van der Waals surface area (Å²) >= 11 is 3.45. The Morgan fingerprint density at radius 2 is 2.00 bits per heavy atom. The summed E-state index contributed by atoms with van der Waals surface area (Å²) in [5.41, 5.74) is 8.48. The summed E-state index contributed by atoms with van der Waals surface area (Å²) in [6.45, 7) is 0. The number of halogens is 1. The third-order valence-corrected chi connectivity index (χ3v) is 4.08. The fourth-order valence-corrected chi connectivity index (χ4v) is 2.86. The number of aromatic nitrogens is 1. The SMILES string of the molecule is COc1cc(Br)ccc1C(N)c1cccc2ccncc12. The molecule has 106 valence electrons. The van der Waals surface area contributed by atoms with Gasteiger partial charge in [-0.1, -0.05) is 40.2 Å². The zero-order valence-electron chi connectivity index (χ0n) is 11.6. The van der Waals surface area contributed by atoms with Gasteiger partial charge in [0.05, 0.1) is 13.2 Å². The van der Waals surface area contributed by atoms with E-state index in [0.717, 1.165) is 32.1 Å². The smallest absolute Gasteiger partial charge is 0.125 e. The number of methoxy groups -OCH3 is 1. The quantitative estimate of drug-likeness (QED) is 0.780. The van der Waals surface area contributed by atoms with E-state index in [2.05, 4.69) is 27.0 Å². The van der Waals surface area contributed by atoms with E-state index < -0.39 is 0 Å². The molecule has 0 aliphatic heterocycles. The minimum Gasteiger partial charge on any atom is -0.496 e. The van der Waals surface area contributed by atoms with Gasteiger partial charge in [0.15, 0.2) is 0 Å². The monoisotopic (exact) mass is 342 g/mol. The van der Waals surface area contributed by atoms with E-state index in [0.29, 0.717) is 0 Å². The number of nitrogens with zero attached hydrogens (tertiary/aromatic N) is 1. The molecule has 0 amide bonds. The summed E-state index contributed by atoms with van der Waals surface area (Å²) in [4.78, 5) is 4.21. The highest BCUT2D eigenvalue weighted by atomic mass is 79.9. The van der Waals surface area contributed by atoms with Crippen molar-refractivity contribution < 1.29 is 4.74 Å². The normalized spacial score (nSPS) is 12.3. The van der Waals surface area contributed by atoms with Crippen molar-refractivity contribution in [1.29, 1.82) is 0 Å². The molecule has 0 spiro atoms. The highest BCUT2D eigenvalue weighted by Crippen LogP contribution is 2.33. The first-order chi connectivity index (χ1) is 10.2. The second-order valence-electron chi connectivity index (χ2n) is 4.81. The third kappa shape index (κ3) is 2.64. The van der Waals surface area contributed by atoms with Crippen LogP contribution in [-0.2, 0) is 0 Å². The maximum absolute atomic E-state index is 6.49. The van der Waals surface area contributed by atoms with E-state index in [4.69, 9.17) is 10.5 Å². The van der Waals surface area contributed by atoms with Crippen molar-refractivity contribution in [3.05, 3.63) is 70.5 Å². The van der Waals surface area contributed by atoms with Gasteiger partial charge in [-0.15, -0.1) is 0 Å². The summed E-state index contributed by atoms with van der Waals surface area (Å²) in [6, 6.07) is 13.7. The highest BCUT2D eigenvalue weighted by molar-refractivity contribution is 9.10. The second-order valence-corrected chi connectivity index (χ2v) is 5.72. The van der Waals surface area contributed by atoms with Crippen LogP contribution in [0, 0.1) is 0 Å². The maximum Gasteiger partial charge on any atom is 0.125 e. The van der Waals surface area contributed by atoms with Gasteiger partial charge in [0.1, 0.15) is 5.75 Å². The first-order valence-electron chi connectivity index (χ1n) is 6.62. The molecule has 1 atom stereocenters. The lowest BCUT2D eigenvalue weighted by molar-refractivity contribution is 0.407. The van der Waals surface area contributed by atoms with Crippen LogP contribution < -0.4 is 10.5 Å². The molecule has 0 radical (unpaired) electrons. The topological polar surface area (TPSA) is 48.1 Å². The fraction of sp³-hybridized carbons (Fsp3) is 0.118. The second kappa shape index (κ2) is 5.84. The highest BCUT2D eigenvalue weighted by Gasteiger charge is 2.16. The molecule has 3 rings (SSSR count). The molecule has 3 aromatic rings. The average molecular weight is 343 g/mol. The van der Waals surface area contributed by atoms with Crippen molar-refractivity contribution in [1.82, 2.24) is 4.98 Å². The summed E-state index contributed by atoms with van der Waals surface area (Å²) < 4.78 is 6.42. The van der Waals surface area contributed by atoms with E-state index in [9.17, 15) is 0 Å². The number of nitrogens with two attached hydrogens (primary N) is 1. The molecule has 1 heterocycles. The zero-order chi connectivity index (χ0) is 14.8. The van der Waals surface area contributed by atoms with Crippen molar-refractivity contribution >= 4 is 26.7 Å². The Kier molecular flexibility index (Phi) is 3.90. The van der Waals surface area contributed by atoms with Gasteiger partial charge >= 0.3 is 0 Å². The molecule has 0 saturated heterocycles. The van der Waals surface area contributed by atoms with Crippen molar-refractivity contribution in [3.8, 4) is 5.75 Å².